The molecule has 2 aromatic rings. The molecule has 8 nitrogen and oxygen atoms in total. The molecule has 1 aromatic carbocycles. The summed E-state index contributed by atoms with van der Waals surface area (Å²) in [6, 6.07) is 8.98. The highest BCUT2D eigenvalue weighted by atomic mass is 16.5. The van der Waals surface area contributed by atoms with Crippen LogP contribution in [-0.2, 0) is 11.3 Å². The average Bonchev–Trinajstić information content (AvgIpc) is 2.68. The van der Waals surface area contributed by atoms with Crippen LogP contribution in [0.5, 0.6) is 11.8 Å². The minimum absolute atomic E-state index is 0.0870. The number of hydrogen-bond donors (Lipinski definition) is 2. The third-order valence-electron chi connectivity index (χ3n) is 4.04. The maximum Gasteiger partial charge on any atom is 0.319 e. The van der Waals surface area contributed by atoms with Gasteiger partial charge in [-0.1, -0.05) is 12.1 Å². The molecule has 28 heavy (non-hydrogen) atoms. The minimum Gasteiger partial charge on any atom is -0.508 e. The van der Waals surface area contributed by atoms with Crippen molar-refractivity contribution in [3.05, 3.63) is 41.6 Å². The first-order valence-corrected chi connectivity index (χ1v) is 9.24. The van der Waals surface area contributed by atoms with Gasteiger partial charge in [0.25, 0.3) is 0 Å². The molecule has 0 radical (unpaired) electrons. The standard InChI is InChI=1S/C20H26N4O4/c1-20(2,26)14-28-19-22-16(11-18(23-19)24-7-9-27-10-8-24)13-21-12-15-3-5-17(25)6-4-15/h3-6,11,13,25-26H,7-10,12,14H2,1-2H3. The first-order chi connectivity index (χ1) is 13.4. The number of aliphatic hydroxyl groups is 1. The van der Waals surface area contributed by atoms with Crippen LogP contribution in [0.15, 0.2) is 35.3 Å². The number of morpholine rings is 1. The molecule has 150 valence electrons. The van der Waals surface area contributed by atoms with E-state index in [-0.39, 0.29) is 18.4 Å². The van der Waals surface area contributed by atoms with E-state index < -0.39 is 5.60 Å². The zero-order valence-corrected chi connectivity index (χ0v) is 16.2. The molecule has 2 heterocycles. The molecule has 1 aliphatic heterocycles. The second kappa shape index (κ2) is 8.99. The molecule has 2 N–H and O–H groups in total. The summed E-state index contributed by atoms with van der Waals surface area (Å²) in [7, 11) is 0. The van der Waals surface area contributed by atoms with Crippen molar-refractivity contribution in [2.24, 2.45) is 4.99 Å². The molecular formula is C20H26N4O4. The Balaban J connectivity index is 1.77. The van der Waals surface area contributed by atoms with Crippen molar-refractivity contribution in [3.63, 3.8) is 0 Å². The fraction of sp³-hybridized carbons (Fsp3) is 0.450. The summed E-state index contributed by atoms with van der Waals surface area (Å²) in [5.41, 5.74) is 0.627. The van der Waals surface area contributed by atoms with Gasteiger partial charge in [0.2, 0.25) is 0 Å². The highest BCUT2D eigenvalue weighted by Gasteiger charge is 2.18. The third-order valence-corrected chi connectivity index (χ3v) is 4.04. The largest absolute Gasteiger partial charge is 0.508 e. The first kappa shape index (κ1) is 20.0. The smallest absolute Gasteiger partial charge is 0.319 e. The average molecular weight is 386 g/mol. The molecule has 1 aliphatic rings. The fourth-order valence-corrected chi connectivity index (χ4v) is 2.60. The lowest BCUT2D eigenvalue weighted by molar-refractivity contribution is 0.0250. The lowest BCUT2D eigenvalue weighted by Gasteiger charge is -2.28. The van der Waals surface area contributed by atoms with Gasteiger partial charge < -0.3 is 24.6 Å². The lowest BCUT2D eigenvalue weighted by atomic mass is 10.2. The SMILES string of the molecule is CC(C)(O)COc1nc(C=NCc2ccc(O)cc2)cc(N2CCOCC2)n1. The number of aliphatic imine (C=N–C) groups is 1. The molecule has 1 aromatic heterocycles. The van der Waals surface area contributed by atoms with Gasteiger partial charge in [0.1, 0.15) is 18.2 Å². The Hall–Kier alpha value is -2.71. The summed E-state index contributed by atoms with van der Waals surface area (Å²) in [5.74, 6) is 0.974. The number of aromatic nitrogens is 2. The topological polar surface area (TPSA) is 100 Å². The minimum atomic E-state index is -0.981. The number of phenolic OH excluding ortho intramolecular Hbond substituents is 1. The second-order valence-electron chi connectivity index (χ2n) is 7.27. The summed E-state index contributed by atoms with van der Waals surface area (Å²) in [6.07, 6.45) is 1.68. The van der Waals surface area contributed by atoms with Gasteiger partial charge in [-0.05, 0) is 31.5 Å². The van der Waals surface area contributed by atoms with E-state index >= 15 is 0 Å². The Morgan fingerprint density at radius 1 is 1.21 bits per heavy atom. The van der Waals surface area contributed by atoms with Crippen LogP contribution >= 0.6 is 0 Å². The van der Waals surface area contributed by atoms with Crippen LogP contribution in [0.2, 0.25) is 0 Å². The predicted molar refractivity (Wildman–Crippen MR) is 106 cm³/mol. The molecule has 0 saturated carbocycles. The number of hydrogen-bond acceptors (Lipinski definition) is 8. The molecule has 0 aliphatic carbocycles. The molecule has 0 amide bonds. The Labute approximate surface area is 164 Å². The van der Waals surface area contributed by atoms with E-state index in [9.17, 15) is 10.2 Å². The van der Waals surface area contributed by atoms with E-state index in [0.717, 1.165) is 24.5 Å². The summed E-state index contributed by atoms with van der Waals surface area (Å²) < 4.78 is 11.0. The monoisotopic (exact) mass is 386 g/mol. The molecule has 1 fully saturated rings. The maximum absolute atomic E-state index is 9.90. The van der Waals surface area contributed by atoms with Gasteiger partial charge in [-0.3, -0.25) is 4.99 Å². The van der Waals surface area contributed by atoms with Gasteiger partial charge in [-0.15, -0.1) is 0 Å². The van der Waals surface area contributed by atoms with Crippen molar-refractivity contribution in [1.29, 1.82) is 0 Å². The molecule has 3 rings (SSSR count). The van der Waals surface area contributed by atoms with Crippen molar-refractivity contribution in [2.45, 2.75) is 26.0 Å². The highest BCUT2D eigenvalue weighted by Crippen LogP contribution is 2.18. The normalized spacial score (nSPS) is 15.2. The molecule has 0 unspecified atom stereocenters. The van der Waals surface area contributed by atoms with Gasteiger partial charge in [-0.25, -0.2) is 0 Å². The molecule has 0 spiro atoms. The van der Waals surface area contributed by atoms with Crippen molar-refractivity contribution >= 4 is 12.0 Å². The Morgan fingerprint density at radius 2 is 1.93 bits per heavy atom. The Bertz CT molecular complexity index is 797. The van der Waals surface area contributed by atoms with Crippen molar-refractivity contribution in [3.8, 4) is 11.8 Å². The van der Waals surface area contributed by atoms with E-state index in [2.05, 4.69) is 19.9 Å². The van der Waals surface area contributed by atoms with Crippen LogP contribution in [0.4, 0.5) is 5.82 Å². The number of ether oxygens (including phenoxy) is 2. The number of phenols is 1. The summed E-state index contributed by atoms with van der Waals surface area (Å²) in [4.78, 5) is 15.4. The van der Waals surface area contributed by atoms with Crippen LogP contribution in [0.1, 0.15) is 25.1 Å². The molecule has 1 saturated heterocycles. The number of anilines is 1. The lowest BCUT2D eigenvalue weighted by Crippen LogP contribution is -2.37. The number of rotatable bonds is 7. The van der Waals surface area contributed by atoms with Crippen molar-refractivity contribution in [2.75, 3.05) is 37.8 Å². The summed E-state index contributed by atoms with van der Waals surface area (Å²) in [5, 5.41) is 19.3. The Morgan fingerprint density at radius 3 is 2.61 bits per heavy atom. The fourth-order valence-electron chi connectivity index (χ4n) is 2.60. The van der Waals surface area contributed by atoms with Crippen LogP contribution in [-0.4, -0.2) is 64.9 Å². The highest BCUT2D eigenvalue weighted by molar-refractivity contribution is 5.78. The third kappa shape index (κ3) is 6.17. The van der Waals surface area contributed by atoms with E-state index in [0.29, 0.717) is 25.5 Å². The molecule has 0 bridgehead atoms. The quantitative estimate of drug-likeness (QED) is 0.700. The Kier molecular flexibility index (Phi) is 6.43. The first-order valence-electron chi connectivity index (χ1n) is 9.24. The number of nitrogens with zero attached hydrogens (tertiary/aromatic N) is 4. The van der Waals surface area contributed by atoms with Gasteiger partial charge in [0.15, 0.2) is 0 Å². The maximum atomic E-state index is 9.90. The van der Waals surface area contributed by atoms with Crippen LogP contribution in [0.3, 0.4) is 0 Å². The van der Waals surface area contributed by atoms with Gasteiger partial charge >= 0.3 is 6.01 Å². The number of aromatic hydroxyl groups is 1. The van der Waals surface area contributed by atoms with E-state index in [1.54, 1.807) is 32.2 Å². The zero-order chi connectivity index (χ0) is 20.0. The number of benzene rings is 1. The van der Waals surface area contributed by atoms with E-state index in [4.69, 9.17) is 9.47 Å². The van der Waals surface area contributed by atoms with Crippen molar-refractivity contribution < 1.29 is 19.7 Å². The van der Waals surface area contributed by atoms with Crippen LogP contribution in [0, 0.1) is 0 Å². The summed E-state index contributed by atoms with van der Waals surface area (Å²) >= 11 is 0. The second-order valence-corrected chi connectivity index (χ2v) is 7.27. The predicted octanol–water partition coefficient (Wildman–Crippen LogP) is 1.79. The van der Waals surface area contributed by atoms with E-state index in [1.165, 1.54) is 0 Å². The molecule has 8 heteroatoms. The van der Waals surface area contributed by atoms with Gasteiger partial charge in [0.05, 0.1) is 31.1 Å². The zero-order valence-electron chi connectivity index (χ0n) is 16.2. The molecular weight excluding hydrogens is 360 g/mol. The van der Waals surface area contributed by atoms with Crippen LogP contribution < -0.4 is 9.64 Å². The molecule has 0 atom stereocenters. The van der Waals surface area contributed by atoms with Gasteiger partial charge in [-0.2, -0.15) is 9.97 Å². The van der Waals surface area contributed by atoms with Gasteiger partial charge in [0, 0.05) is 25.4 Å². The van der Waals surface area contributed by atoms with Crippen LogP contribution in [0.25, 0.3) is 0 Å². The summed E-state index contributed by atoms with van der Waals surface area (Å²) in [6.45, 7) is 6.67. The van der Waals surface area contributed by atoms with Crippen molar-refractivity contribution in [1.82, 2.24) is 9.97 Å². The van der Waals surface area contributed by atoms with E-state index in [1.807, 2.05) is 18.2 Å².